The molecule has 1 N–H and O–H groups in total. The lowest BCUT2D eigenvalue weighted by atomic mass is 10.0. The Balaban J connectivity index is 1.34. The number of benzene rings is 2. The van der Waals surface area contributed by atoms with E-state index in [9.17, 15) is 19.2 Å². The van der Waals surface area contributed by atoms with E-state index < -0.39 is 30.3 Å². The number of morpholine rings is 1. The van der Waals surface area contributed by atoms with Crippen LogP contribution in [0.5, 0.6) is 5.75 Å². The summed E-state index contributed by atoms with van der Waals surface area (Å²) in [4.78, 5) is 51.8. The minimum atomic E-state index is -1.32. The Morgan fingerprint density at radius 2 is 1.94 bits per heavy atom. The lowest BCUT2D eigenvalue weighted by Crippen LogP contribution is -2.52. The van der Waals surface area contributed by atoms with Crippen molar-refractivity contribution < 1.29 is 32.8 Å². The lowest BCUT2D eigenvalue weighted by molar-refractivity contribution is -0.143. The fourth-order valence-corrected chi connectivity index (χ4v) is 4.21. The molecule has 3 aliphatic heterocycles. The van der Waals surface area contributed by atoms with Gasteiger partial charge in [-0.2, -0.15) is 0 Å². The van der Waals surface area contributed by atoms with E-state index in [1.807, 2.05) is 24.3 Å². The van der Waals surface area contributed by atoms with E-state index in [2.05, 4.69) is 5.32 Å². The number of fused-ring (bicyclic) bond motifs is 1. The first-order valence-electron chi connectivity index (χ1n) is 12.6. The number of hydrogen-bond donors (Lipinski definition) is 1. The molecule has 34 heavy (non-hydrogen) atoms. The third-order valence-electron chi connectivity index (χ3n) is 6.08. The van der Waals surface area contributed by atoms with E-state index in [1.165, 1.54) is 6.07 Å². The third-order valence-corrected chi connectivity index (χ3v) is 6.08. The second kappa shape index (κ2) is 9.26. The predicted molar refractivity (Wildman–Crippen MR) is 119 cm³/mol. The molecule has 2 aromatic carbocycles. The molecular weight excluding hydrogens is 438 g/mol. The molecule has 0 aliphatic carbocycles. The van der Waals surface area contributed by atoms with Gasteiger partial charge in [0.25, 0.3) is 5.91 Å². The Kier molecular flexibility index (Phi) is 5.09. The number of hydrogen-bond acceptors (Lipinski definition) is 6. The van der Waals surface area contributed by atoms with Gasteiger partial charge in [-0.05, 0) is 29.7 Å². The van der Waals surface area contributed by atoms with Gasteiger partial charge in [-0.1, -0.05) is 30.3 Å². The van der Waals surface area contributed by atoms with E-state index >= 15 is 0 Å². The maximum Gasteiger partial charge on any atom is 0.255 e. The molecule has 5 rings (SSSR count). The highest BCUT2D eigenvalue weighted by molar-refractivity contribution is 6.05. The number of nitrogens with zero attached hydrogens (tertiary/aromatic N) is 2. The van der Waals surface area contributed by atoms with E-state index in [1.54, 1.807) is 4.90 Å². The molecule has 2 fully saturated rings. The van der Waals surface area contributed by atoms with Crippen LogP contribution in [0.25, 0.3) is 0 Å². The zero-order valence-corrected chi connectivity index (χ0v) is 18.3. The SMILES string of the molecule is [2H]c1cc2c(c(OCc3ccc(CN4CCOCC4=O)cc3)c1[2H])C([2H])N(C1CCC(=O)NC1=O)C2=O. The zero-order valence-electron chi connectivity index (χ0n) is 21.3. The molecule has 0 radical (unpaired) electrons. The van der Waals surface area contributed by atoms with Gasteiger partial charge in [0.2, 0.25) is 17.7 Å². The molecule has 0 bridgehead atoms. The summed E-state index contributed by atoms with van der Waals surface area (Å²) in [5.41, 5.74) is 1.88. The molecule has 9 heteroatoms. The van der Waals surface area contributed by atoms with Crippen molar-refractivity contribution in [2.24, 2.45) is 0 Å². The van der Waals surface area contributed by atoms with Gasteiger partial charge in [-0.3, -0.25) is 24.5 Å². The van der Waals surface area contributed by atoms with Crippen LogP contribution in [0, 0.1) is 0 Å². The highest BCUT2D eigenvalue weighted by Gasteiger charge is 2.40. The van der Waals surface area contributed by atoms with E-state index in [0.717, 1.165) is 16.0 Å². The summed E-state index contributed by atoms with van der Waals surface area (Å²) in [6.07, 6.45) is 0.148. The van der Waals surface area contributed by atoms with Crippen LogP contribution in [0.3, 0.4) is 0 Å². The van der Waals surface area contributed by atoms with Gasteiger partial charge in [0.05, 0.1) is 17.2 Å². The fraction of sp³-hybridized carbons (Fsp3) is 0.360. The van der Waals surface area contributed by atoms with Crippen LogP contribution in [-0.4, -0.2) is 59.2 Å². The summed E-state index contributed by atoms with van der Waals surface area (Å²) >= 11 is 0. The van der Waals surface area contributed by atoms with Crippen molar-refractivity contribution in [2.45, 2.75) is 38.6 Å². The van der Waals surface area contributed by atoms with Crippen molar-refractivity contribution in [1.29, 1.82) is 0 Å². The molecule has 0 aromatic heterocycles. The molecule has 2 unspecified atom stereocenters. The van der Waals surface area contributed by atoms with E-state index in [4.69, 9.17) is 13.6 Å². The van der Waals surface area contributed by atoms with Crippen LogP contribution < -0.4 is 10.1 Å². The molecule has 2 aromatic rings. The average molecular weight is 467 g/mol. The summed E-state index contributed by atoms with van der Waals surface area (Å²) in [6.45, 7) is 0.298. The Hall–Kier alpha value is -3.72. The van der Waals surface area contributed by atoms with Gasteiger partial charge in [0.15, 0.2) is 0 Å². The van der Waals surface area contributed by atoms with Crippen molar-refractivity contribution in [3.63, 3.8) is 0 Å². The van der Waals surface area contributed by atoms with Gasteiger partial charge < -0.3 is 19.3 Å². The van der Waals surface area contributed by atoms with Crippen LogP contribution in [0.2, 0.25) is 0 Å². The van der Waals surface area contributed by atoms with Gasteiger partial charge in [0, 0.05) is 30.6 Å². The third kappa shape index (κ3) is 4.38. The topological polar surface area (TPSA) is 105 Å². The smallest absolute Gasteiger partial charge is 0.255 e. The molecule has 3 aliphatic rings. The van der Waals surface area contributed by atoms with Crippen LogP contribution in [-0.2, 0) is 38.8 Å². The Bertz CT molecular complexity index is 1290. The van der Waals surface area contributed by atoms with Crippen molar-refractivity contribution in [3.8, 4) is 5.75 Å². The number of piperidine rings is 1. The van der Waals surface area contributed by atoms with Crippen LogP contribution in [0.4, 0.5) is 0 Å². The maximum atomic E-state index is 13.2. The van der Waals surface area contributed by atoms with E-state index in [-0.39, 0.29) is 60.9 Å². The van der Waals surface area contributed by atoms with Gasteiger partial charge in [-0.25, -0.2) is 0 Å². The molecule has 176 valence electrons. The Labute approximate surface area is 200 Å². The van der Waals surface area contributed by atoms with Crippen molar-refractivity contribution in [2.75, 3.05) is 19.8 Å². The lowest BCUT2D eigenvalue weighted by Gasteiger charge is -2.29. The normalized spacial score (nSPS) is 23.8. The molecule has 4 amide bonds. The predicted octanol–water partition coefficient (Wildman–Crippen LogP) is 1.39. The summed E-state index contributed by atoms with van der Waals surface area (Å²) in [5.74, 6) is -1.79. The molecule has 0 saturated carbocycles. The van der Waals surface area contributed by atoms with Gasteiger partial charge >= 0.3 is 0 Å². The summed E-state index contributed by atoms with van der Waals surface area (Å²) < 4.78 is 36.3. The monoisotopic (exact) mass is 466 g/mol. The summed E-state index contributed by atoms with van der Waals surface area (Å²) in [6, 6.07) is 7.14. The average Bonchev–Trinajstić information content (AvgIpc) is 3.11. The Morgan fingerprint density at radius 3 is 2.71 bits per heavy atom. The molecule has 2 saturated heterocycles. The number of ether oxygens (including phenoxy) is 2. The number of carbonyl (C=O) groups is 4. The van der Waals surface area contributed by atoms with Crippen LogP contribution in [0.15, 0.2) is 42.4 Å². The second-order valence-electron chi connectivity index (χ2n) is 8.35. The number of imide groups is 1. The number of nitrogens with one attached hydrogen (secondary N) is 1. The summed E-state index contributed by atoms with van der Waals surface area (Å²) in [5, 5.41) is 2.20. The quantitative estimate of drug-likeness (QED) is 0.645. The molecule has 2 atom stereocenters. The molecular formula is C25H25N3O6. The van der Waals surface area contributed by atoms with Crippen LogP contribution in [0.1, 0.15) is 44.0 Å². The number of amides is 4. The first-order valence-corrected chi connectivity index (χ1v) is 11.0. The first-order chi connectivity index (χ1) is 17.7. The van der Waals surface area contributed by atoms with Crippen LogP contribution >= 0.6 is 0 Å². The maximum absolute atomic E-state index is 13.2. The first kappa shape index (κ1) is 18.7. The van der Waals surface area contributed by atoms with Crippen molar-refractivity contribution in [1.82, 2.24) is 15.1 Å². The van der Waals surface area contributed by atoms with Gasteiger partial charge in [-0.15, -0.1) is 0 Å². The number of carbonyl (C=O) groups excluding carboxylic acids is 4. The highest BCUT2D eigenvalue weighted by atomic mass is 16.5. The summed E-state index contributed by atoms with van der Waals surface area (Å²) in [7, 11) is 0. The number of rotatable bonds is 6. The molecule has 0 spiro atoms. The van der Waals surface area contributed by atoms with Crippen molar-refractivity contribution >= 4 is 23.6 Å². The van der Waals surface area contributed by atoms with Crippen molar-refractivity contribution in [3.05, 3.63) is 64.7 Å². The largest absolute Gasteiger partial charge is 0.489 e. The Morgan fingerprint density at radius 1 is 1.15 bits per heavy atom. The second-order valence-corrected chi connectivity index (χ2v) is 8.35. The minimum Gasteiger partial charge on any atom is -0.489 e. The molecule has 9 nitrogen and oxygen atoms in total. The minimum absolute atomic E-state index is 0.0257. The van der Waals surface area contributed by atoms with Gasteiger partial charge in [0.1, 0.15) is 25.0 Å². The highest BCUT2D eigenvalue weighted by Crippen LogP contribution is 2.34. The fourth-order valence-electron chi connectivity index (χ4n) is 4.21. The zero-order chi connectivity index (χ0) is 26.3. The van der Waals surface area contributed by atoms with E-state index in [0.29, 0.717) is 19.7 Å². The standard InChI is InChI=1S/C25H25N3O6/c29-22-9-8-20(24(31)26-22)28-13-19-18(25(28)32)2-1-3-21(19)34-14-17-6-4-16(5-7-17)12-27-10-11-33-15-23(27)30/h1-7,20H,8-15H2,(H,26,29,31)/i1D,3D,13D. The molecule has 3 heterocycles.